The van der Waals surface area contributed by atoms with Crippen LogP contribution in [0.3, 0.4) is 0 Å². The molecule has 6 heteroatoms. The van der Waals surface area contributed by atoms with Crippen molar-refractivity contribution in [1.29, 1.82) is 0 Å². The molecule has 67 heavy (non-hydrogen) atoms. The summed E-state index contributed by atoms with van der Waals surface area (Å²) < 4.78 is 4.63. The van der Waals surface area contributed by atoms with Crippen molar-refractivity contribution in [1.82, 2.24) is 24.1 Å². The molecule has 0 amide bonds. The molecule has 0 aliphatic heterocycles. The first kappa shape index (κ1) is 42.3. The molecule has 0 saturated heterocycles. The number of hydrogen-bond acceptors (Lipinski definition) is 2. The maximum absolute atomic E-state index is 5.72. The molecule has 4 heterocycles. The van der Waals surface area contributed by atoms with Crippen LogP contribution in [0.15, 0.2) is 194 Å². The standard InChI is InChI=1S/C61H47N5.Pt/c1-60(2,3)43-29-31-53-51(36-43)47-30-28-41(34-54(47)66(53)56-35-40(32-33-62-56)39-18-9-6-10-19-39)50-37-44(61(4,5)42-20-11-7-12-21-42)38-55-58(50)64-59(65(55)45-22-13-8-14-23-45)49-26-17-25-48-46-24-15-16-27-52(46)63-57(48)49;/h6-33,35-38H,1-5H3;/q-2;+2. The third-order valence-electron chi connectivity index (χ3n) is 13.6. The van der Waals surface area contributed by atoms with Crippen molar-refractivity contribution in [2.45, 2.75) is 45.4 Å². The van der Waals surface area contributed by atoms with Crippen molar-refractivity contribution >= 4 is 54.6 Å². The Labute approximate surface area is 405 Å². The maximum Gasteiger partial charge on any atom is 2.00 e. The predicted molar refractivity (Wildman–Crippen MR) is 274 cm³/mol. The van der Waals surface area contributed by atoms with E-state index in [4.69, 9.17) is 15.0 Å². The second kappa shape index (κ2) is 16.2. The molecule has 0 aliphatic carbocycles. The van der Waals surface area contributed by atoms with Gasteiger partial charge in [-0.05, 0) is 91.3 Å². The van der Waals surface area contributed by atoms with Gasteiger partial charge in [-0.2, -0.15) is 0 Å². The molecule has 0 saturated carbocycles. The number of para-hydroxylation sites is 3. The summed E-state index contributed by atoms with van der Waals surface area (Å²) >= 11 is 0. The molecule has 0 spiro atoms. The van der Waals surface area contributed by atoms with Crippen molar-refractivity contribution < 1.29 is 21.1 Å². The van der Waals surface area contributed by atoms with Crippen LogP contribution in [0.4, 0.5) is 0 Å². The van der Waals surface area contributed by atoms with Crippen LogP contribution in [-0.4, -0.2) is 19.1 Å². The summed E-state index contributed by atoms with van der Waals surface area (Å²) in [7, 11) is 0. The Morgan fingerprint density at radius 1 is 0.507 bits per heavy atom. The average molecular weight is 1050 g/mol. The first-order chi connectivity index (χ1) is 32.1. The fourth-order valence-corrected chi connectivity index (χ4v) is 9.92. The Balaban J connectivity index is 0.00000494. The second-order valence-corrected chi connectivity index (χ2v) is 19.0. The van der Waals surface area contributed by atoms with Gasteiger partial charge in [0, 0.05) is 28.4 Å². The van der Waals surface area contributed by atoms with Gasteiger partial charge in [-0.1, -0.05) is 185 Å². The van der Waals surface area contributed by atoms with Gasteiger partial charge < -0.3 is 9.55 Å². The number of rotatable bonds is 7. The molecular weight excluding hydrogens is 998 g/mol. The first-order valence-electron chi connectivity index (χ1n) is 22.8. The van der Waals surface area contributed by atoms with E-state index >= 15 is 0 Å². The molecule has 8 aromatic carbocycles. The Hall–Kier alpha value is -7.33. The third kappa shape index (κ3) is 7.03. The van der Waals surface area contributed by atoms with E-state index in [1.807, 2.05) is 6.20 Å². The molecule has 5 nitrogen and oxygen atoms in total. The van der Waals surface area contributed by atoms with Crippen LogP contribution < -0.4 is 4.98 Å². The van der Waals surface area contributed by atoms with Gasteiger partial charge in [0.15, 0.2) is 0 Å². The SMILES string of the molecule is CC(C)(C)c1ccc2c(c1)c1ccc(-c3cc(C(C)(C)c4ccccc4)cc4c3nc(-c3cccc5c3[n-]c3ccccc35)n4-c3ccccc3)[c-]c1n2-c1cc(-c2ccccc2)ccn1.[Pt+2]. The number of imidazole rings is 1. The molecule has 0 radical (unpaired) electrons. The molecule has 12 aromatic rings. The molecule has 326 valence electrons. The van der Waals surface area contributed by atoms with Crippen molar-refractivity contribution in [2.75, 3.05) is 0 Å². The molecule has 4 aromatic heterocycles. The van der Waals surface area contributed by atoms with Gasteiger partial charge >= 0.3 is 21.1 Å². The topological polar surface area (TPSA) is 49.7 Å². The van der Waals surface area contributed by atoms with Crippen LogP contribution in [0.2, 0.25) is 0 Å². The van der Waals surface area contributed by atoms with Crippen LogP contribution in [0, 0.1) is 6.07 Å². The zero-order chi connectivity index (χ0) is 44.7. The normalized spacial score (nSPS) is 12.1. The van der Waals surface area contributed by atoms with E-state index in [1.165, 1.54) is 22.1 Å². The van der Waals surface area contributed by atoms with Crippen molar-refractivity contribution in [2.24, 2.45) is 0 Å². The van der Waals surface area contributed by atoms with Gasteiger partial charge in [-0.15, -0.1) is 34.8 Å². The van der Waals surface area contributed by atoms with Crippen LogP contribution in [0.25, 0.3) is 99.8 Å². The smallest absolute Gasteiger partial charge is 0.656 e. The summed E-state index contributed by atoms with van der Waals surface area (Å²) in [6.45, 7) is 11.5. The van der Waals surface area contributed by atoms with E-state index in [2.05, 4.69) is 238 Å². The van der Waals surface area contributed by atoms with Gasteiger partial charge in [-0.25, -0.2) is 9.97 Å². The van der Waals surface area contributed by atoms with Gasteiger partial charge in [0.05, 0.1) is 11.0 Å². The monoisotopic (exact) mass is 1040 g/mol. The number of hydrogen-bond donors (Lipinski definition) is 0. The van der Waals surface area contributed by atoms with Crippen molar-refractivity contribution in [3.05, 3.63) is 217 Å². The van der Waals surface area contributed by atoms with Crippen molar-refractivity contribution in [3.8, 4) is 45.1 Å². The summed E-state index contributed by atoms with van der Waals surface area (Å²) in [5, 5.41) is 4.56. The van der Waals surface area contributed by atoms with Crippen LogP contribution in [0.5, 0.6) is 0 Å². The Morgan fingerprint density at radius 2 is 1.22 bits per heavy atom. The quantitative estimate of drug-likeness (QED) is 0.149. The molecule has 0 fully saturated rings. The minimum atomic E-state index is -0.356. The minimum Gasteiger partial charge on any atom is -0.656 e. The van der Waals surface area contributed by atoms with Crippen LogP contribution in [0.1, 0.15) is 51.3 Å². The number of benzene rings is 8. The van der Waals surface area contributed by atoms with Crippen molar-refractivity contribution in [3.63, 3.8) is 0 Å². The second-order valence-electron chi connectivity index (χ2n) is 19.0. The van der Waals surface area contributed by atoms with E-state index in [9.17, 15) is 0 Å². The largest absolute Gasteiger partial charge is 2.00 e. The zero-order valence-corrected chi connectivity index (χ0v) is 40.3. The Bertz CT molecular complexity index is 3810. The number of aromatic nitrogens is 5. The number of fused-ring (bicyclic) bond motifs is 7. The number of pyridine rings is 1. The average Bonchev–Trinajstić information content (AvgIpc) is 4.04. The summed E-state index contributed by atoms with van der Waals surface area (Å²) in [5.74, 6) is 1.68. The predicted octanol–water partition coefficient (Wildman–Crippen LogP) is 15.2. The molecule has 0 unspecified atom stereocenters. The fraction of sp³-hybridized carbons (Fsp3) is 0.115. The van der Waals surface area contributed by atoms with E-state index in [1.54, 1.807) is 0 Å². The first-order valence-corrected chi connectivity index (χ1v) is 22.8. The maximum atomic E-state index is 5.72. The summed E-state index contributed by atoms with van der Waals surface area (Å²) in [5.41, 5.74) is 15.4. The van der Waals surface area contributed by atoms with Crippen LogP contribution in [-0.2, 0) is 31.9 Å². The molecule has 0 aliphatic rings. The molecule has 0 atom stereocenters. The summed E-state index contributed by atoms with van der Waals surface area (Å²) in [4.78, 5) is 16.0. The molecule has 0 N–H and O–H groups in total. The summed E-state index contributed by atoms with van der Waals surface area (Å²) in [6.07, 6.45) is 1.92. The van der Waals surface area contributed by atoms with Gasteiger partial charge in [-0.3, -0.25) is 4.57 Å². The zero-order valence-electron chi connectivity index (χ0n) is 38.0. The fourth-order valence-electron chi connectivity index (χ4n) is 9.92. The van der Waals surface area contributed by atoms with E-state index in [-0.39, 0.29) is 31.9 Å². The van der Waals surface area contributed by atoms with Crippen LogP contribution >= 0.6 is 0 Å². The van der Waals surface area contributed by atoms with E-state index < -0.39 is 0 Å². The summed E-state index contributed by atoms with van der Waals surface area (Å²) in [6, 6.07) is 71.3. The van der Waals surface area contributed by atoms with E-state index in [0.717, 1.165) is 94.4 Å². The number of nitrogens with zero attached hydrogens (tertiary/aromatic N) is 5. The third-order valence-corrected chi connectivity index (χ3v) is 13.6. The Kier molecular flexibility index (Phi) is 10.2. The van der Waals surface area contributed by atoms with E-state index in [0.29, 0.717) is 0 Å². The van der Waals surface area contributed by atoms with Gasteiger partial charge in [0.1, 0.15) is 11.6 Å². The molecular formula is C61H47N5Pt. The molecule has 0 bridgehead atoms. The molecule has 12 rings (SSSR count). The Morgan fingerprint density at radius 3 is 2.00 bits per heavy atom. The minimum absolute atomic E-state index is 0. The van der Waals surface area contributed by atoms with Gasteiger partial charge in [0.25, 0.3) is 0 Å². The van der Waals surface area contributed by atoms with Gasteiger partial charge in [0.2, 0.25) is 0 Å².